The Kier molecular flexibility index (Phi) is 8.26. The number of ether oxygens (including phenoxy) is 2. The van der Waals surface area contributed by atoms with Gasteiger partial charge < -0.3 is 20.1 Å². The molecular formula is C18H28N2O4. The van der Waals surface area contributed by atoms with Gasteiger partial charge in [0, 0.05) is 11.6 Å². The van der Waals surface area contributed by atoms with E-state index in [1.165, 1.54) is 0 Å². The van der Waals surface area contributed by atoms with Gasteiger partial charge in [0.1, 0.15) is 11.4 Å². The Bertz CT molecular complexity index is 503. The fraction of sp³-hybridized carbons (Fsp3) is 0.556. The highest BCUT2D eigenvalue weighted by Crippen LogP contribution is 2.18. The fourth-order valence-electron chi connectivity index (χ4n) is 2.15. The number of piperidine rings is 1. The minimum absolute atomic E-state index is 0.122. The first-order chi connectivity index (χ1) is 11.4. The summed E-state index contributed by atoms with van der Waals surface area (Å²) >= 11 is 0. The Hall–Kier alpha value is -2.08. The highest BCUT2D eigenvalue weighted by Gasteiger charge is 2.20. The quantitative estimate of drug-likeness (QED) is 0.827. The summed E-state index contributed by atoms with van der Waals surface area (Å²) in [6.07, 6.45) is 1.84. The molecule has 0 aliphatic carbocycles. The number of rotatable bonds is 4. The average molecular weight is 336 g/mol. The summed E-state index contributed by atoms with van der Waals surface area (Å²) < 4.78 is 9.62. The first-order valence-electron chi connectivity index (χ1n) is 8.13. The number of carbonyl (C=O) groups excluding carboxylic acids is 2. The third-order valence-electron chi connectivity index (χ3n) is 3.47. The van der Waals surface area contributed by atoms with Gasteiger partial charge in [-0.1, -0.05) is 0 Å². The topological polar surface area (TPSA) is 76.7 Å². The third kappa shape index (κ3) is 7.97. The van der Waals surface area contributed by atoms with Gasteiger partial charge in [0.05, 0.1) is 7.11 Å². The van der Waals surface area contributed by atoms with Crippen molar-refractivity contribution in [2.24, 2.45) is 5.92 Å². The van der Waals surface area contributed by atoms with Gasteiger partial charge in [-0.15, -0.1) is 0 Å². The molecule has 1 aliphatic heterocycles. The van der Waals surface area contributed by atoms with E-state index in [0.717, 1.165) is 37.4 Å². The number of anilines is 1. The molecule has 1 heterocycles. The van der Waals surface area contributed by atoms with Crippen molar-refractivity contribution in [1.82, 2.24) is 5.32 Å². The molecule has 1 aromatic rings. The summed E-state index contributed by atoms with van der Waals surface area (Å²) in [5.41, 5.74) is 0.510. The fourth-order valence-corrected chi connectivity index (χ4v) is 2.15. The van der Waals surface area contributed by atoms with Gasteiger partial charge in [0.25, 0.3) is 6.47 Å². The Balaban J connectivity index is 0.000000351. The molecule has 1 saturated heterocycles. The van der Waals surface area contributed by atoms with Crippen LogP contribution in [0.15, 0.2) is 24.3 Å². The molecule has 134 valence electrons. The Morgan fingerprint density at radius 3 is 2.21 bits per heavy atom. The zero-order chi connectivity index (χ0) is 18.0. The lowest BCUT2D eigenvalue weighted by molar-refractivity contribution is -0.138. The molecule has 6 heteroatoms. The van der Waals surface area contributed by atoms with Crippen molar-refractivity contribution >= 4 is 18.1 Å². The minimum Gasteiger partial charge on any atom is -0.497 e. The van der Waals surface area contributed by atoms with Gasteiger partial charge in [-0.25, -0.2) is 0 Å². The summed E-state index contributed by atoms with van der Waals surface area (Å²) in [4.78, 5) is 21.6. The zero-order valence-electron chi connectivity index (χ0n) is 14.9. The molecule has 1 fully saturated rings. The molecule has 1 aromatic carbocycles. The number of nitrogens with one attached hydrogen (secondary N) is 2. The summed E-state index contributed by atoms with van der Waals surface area (Å²) in [6, 6.07) is 7.41. The highest BCUT2D eigenvalue weighted by atomic mass is 16.5. The van der Waals surface area contributed by atoms with E-state index in [2.05, 4.69) is 15.4 Å². The second kappa shape index (κ2) is 9.93. The summed E-state index contributed by atoms with van der Waals surface area (Å²) in [7, 11) is 1.63. The van der Waals surface area contributed by atoms with E-state index in [4.69, 9.17) is 4.74 Å². The molecule has 0 unspecified atom stereocenters. The van der Waals surface area contributed by atoms with Gasteiger partial charge in [-0.05, 0) is 71.0 Å². The molecule has 0 radical (unpaired) electrons. The molecule has 0 bridgehead atoms. The molecule has 2 N–H and O–H groups in total. The first-order valence-corrected chi connectivity index (χ1v) is 8.13. The van der Waals surface area contributed by atoms with Crippen molar-refractivity contribution in [2.75, 3.05) is 25.5 Å². The van der Waals surface area contributed by atoms with E-state index in [1.807, 2.05) is 45.0 Å². The number of hydrogen-bond donors (Lipinski definition) is 2. The van der Waals surface area contributed by atoms with Crippen LogP contribution in [0.1, 0.15) is 33.6 Å². The standard InChI is InChI=1S/C13H18N2O2.C5H10O2/c1-17-12-4-2-11(3-5-12)15-13(16)10-6-8-14-9-7-10;1-5(2,3)7-4-6/h2-5,10,14H,6-9H2,1H3,(H,15,16);4H,1-3H3. The molecule has 1 amide bonds. The second-order valence-corrected chi connectivity index (χ2v) is 6.57. The first kappa shape index (κ1) is 20.0. The van der Waals surface area contributed by atoms with E-state index in [1.54, 1.807) is 7.11 Å². The van der Waals surface area contributed by atoms with Crippen LogP contribution in [0.2, 0.25) is 0 Å². The Morgan fingerprint density at radius 2 is 1.79 bits per heavy atom. The van der Waals surface area contributed by atoms with Gasteiger partial charge in [0.15, 0.2) is 0 Å². The van der Waals surface area contributed by atoms with Crippen LogP contribution in [0, 0.1) is 5.92 Å². The smallest absolute Gasteiger partial charge is 0.293 e. The van der Waals surface area contributed by atoms with Crippen LogP contribution in [-0.2, 0) is 14.3 Å². The van der Waals surface area contributed by atoms with Crippen molar-refractivity contribution in [3.8, 4) is 5.75 Å². The van der Waals surface area contributed by atoms with Crippen molar-refractivity contribution in [2.45, 2.75) is 39.2 Å². The molecule has 6 nitrogen and oxygen atoms in total. The molecular weight excluding hydrogens is 308 g/mol. The Labute approximate surface area is 143 Å². The Morgan fingerprint density at radius 1 is 1.21 bits per heavy atom. The SMILES string of the molecule is CC(C)(C)OC=O.COc1ccc(NC(=O)C2CCNCC2)cc1. The molecule has 2 rings (SSSR count). The number of benzene rings is 1. The van der Waals surface area contributed by atoms with E-state index in [-0.39, 0.29) is 17.4 Å². The van der Waals surface area contributed by atoms with E-state index in [0.29, 0.717) is 6.47 Å². The second-order valence-electron chi connectivity index (χ2n) is 6.57. The third-order valence-corrected chi connectivity index (χ3v) is 3.47. The average Bonchev–Trinajstić information content (AvgIpc) is 2.56. The maximum Gasteiger partial charge on any atom is 0.293 e. The van der Waals surface area contributed by atoms with Crippen LogP contribution in [0.4, 0.5) is 5.69 Å². The molecule has 0 aromatic heterocycles. The predicted octanol–water partition coefficient (Wildman–Crippen LogP) is 2.59. The minimum atomic E-state index is -0.318. The number of hydrogen-bond acceptors (Lipinski definition) is 5. The van der Waals surface area contributed by atoms with Crippen LogP contribution < -0.4 is 15.4 Å². The largest absolute Gasteiger partial charge is 0.497 e. The van der Waals surface area contributed by atoms with Gasteiger partial charge >= 0.3 is 0 Å². The lowest BCUT2D eigenvalue weighted by Gasteiger charge is -2.21. The van der Waals surface area contributed by atoms with Gasteiger partial charge in [-0.3, -0.25) is 9.59 Å². The van der Waals surface area contributed by atoms with Crippen LogP contribution in [0.5, 0.6) is 5.75 Å². The summed E-state index contributed by atoms with van der Waals surface area (Å²) in [5.74, 6) is 1.06. The van der Waals surface area contributed by atoms with Gasteiger partial charge in [0.2, 0.25) is 5.91 Å². The van der Waals surface area contributed by atoms with Crippen molar-refractivity contribution in [3.63, 3.8) is 0 Å². The van der Waals surface area contributed by atoms with E-state index >= 15 is 0 Å². The maximum absolute atomic E-state index is 12.0. The highest BCUT2D eigenvalue weighted by molar-refractivity contribution is 5.92. The van der Waals surface area contributed by atoms with Crippen molar-refractivity contribution in [1.29, 1.82) is 0 Å². The molecule has 0 spiro atoms. The monoisotopic (exact) mass is 336 g/mol. The maximum atomic E-state index is 12.0. The normalized spacial score (nSPS) is 14.8. The van der Waals surface area contributed by atoms with Crippen molar-refractivity contribution < 1.29 is 19.1 Å². The number of carbonyl (C=O) groups is 2. The summed E-state index contributed by atoms with van der Waals surface area (Å²) in [6.45, 7) is 7.78. The van der Waals surface area contributed by atoms with Crippen LogP contribution in [0.3, 0.4) is 0 Å². The van der Waals surface area contributed by atoms with Crippen molar-refractivity contribution in [3.05, 3.63) is 24.3 Å². The molecule has 0 atom stereocenters. The predicted molar refractivity (Wildman–Crippen MR) is 94.1 cm³/mol. The number of methoxy groups -OCH3 is 1. The molecule has 0 saturated carbocycles. The van der Waals surface area contributed by atoms with Crippen LogP contribution in [-0.4, -0.2) is 38.2 Å². The van der Waals surface area contributed by atoms with E-state index in [9.17, 15) is 9.59 Å². The lowest BCUT2D eigenvalue weighted by atomic mass is 9.97. The van der Waals surface area contributed by atoms with Crippen LogP contribution >= 0.6 is 0 Å². The number of amides is 1. The van der Waals surface area contributed by atoms with E-state index < -0.39 is 0 Å². The zero-order valence-corrected chi connectivity index (χ0v) is 14.9. The summed E-state index contributed by atoms with van der Waals surface area (Å²) in [5, 5.41) is 6.19. The molecule has 24 heavy (non-hydrogen) atoms. The van der Waals surface area contributed by atoms with Crippen LogP contribution in [0.25, 0.3) is 0 Å². The molecule has 1 aliphatic rings. The van der Waals surface area contributed by atoms with Gasteiger partial charge in [-0.2, -0.15) is 0 Å². The lowest BCUT2D eigenvalue weighted by Crippen LogP contribution is -2.34.